The second-order valence-electron chi connectivity index (χ2n) is 7.16. The van der Waals surface area contributed by atoms with Crippen LogP contribution < -0.4 is 0 Å². The van der Waals surface area contributed by atoms with E-state index in [-0.39, 0.29) is 18.7 Å². The third-order valence-corrected chi connectivity index (χ3v) is 4.49. The first-order valence-corrected chi connectivity index (χ1v) is 9.47. The highest BCUT2D eigenvalue weighted by atomic mass is 16.6. The predicted molar refractivity (Wildman–Crippen MR) is 95.7 cm³/mol. The Labute approximate surface area is 150 Å². The van der Waals surface area contributed by atoms with E-state index in [0.29, 0.717) is 18.9 Å². The molecule has 0 saturated carbocycles. The minimum Gasteiger partial charge on any atom is -0.465 e. The summed E-state index contributed by atoms with van der Waals surface area (Å²) < 4.78 is 5.22. The number of nitrogens with zero attached hydrogens (tertiary/aromatic N) is 2. The van der Waals surface area contributed by atoms with Gasteiger partial charge in [-0.05, 0) is 50.9 Å². The molecule has 7 heteroatoms. The van der Waals surface area contributed by atoms with Gasteiger partial charge < -0.3 is 24.7 Å². The highest BCUT2D eigenvalue weighted by Gasteiger charge is 2.27. The number of rotatable bonds is 4. The zero-order chi connectivity index (χ0) is 18.7. The highest BCUT2D eigenvalue weighted by Crippen LogP contribution is 2.20. The van der Waals surface area contributed by atoms with E-state index in [1.54, 1.807) is 4.90 Å². The summed E-state index contributed by atoms with van der Waals surface area (Å²) in [5, 5.41) is 17.4. The summed E-state index contributed by atoms with van der Waals surface area (Å²) in [5.74, 6) is 0.366. The smallest absolute Gasteiger partial charge is 0.410 e. The molecule has 146 valence electrons. The Morgan fingerprint density at radius 1 is 1.08 bits per heavy atom. The van der Waals surface area contributed by atoms with Crippen LogP contribution in [0.15, 0.2) is 0 Å². The van der Waals surface area contributed by atoms with Crippen molar-refractivity contribution < 1.29 is 24.5 Å². The van der Waals surface area contributed by atoms with Gasteiger partial charge in [0.15, 0.2) is 0 Å². The van der Waals surface area contributed by atoms with Crippen molar-refractivity contribution in [2.45, 2.75) is 64.8 Å². The summed E-state index contributed by atoms with van der Waals surface area (Å²) in [6, 6.07) is 0.165. The Balaban J connectivity index is 0.000000293. The molecular formula is C18H34N2O5. The molecule has 2 N–H and O–H groups in total. The molecule has 0 aliphatic carbocycles. The van der Waals surface area contributed by atoms with E-state index >= 15 is 0 Å². The van der Waals surface area contributed by atoms with Crippen LogP contribution in [0, 0.1) is 5.92 Å². The topological polar surface area (TPSA) is 90.3 Å². The van der Waals surface area contributed by atoms with E-state index in [0.717, 1.165) is 51.7 Å². The summed E-state index contributed by atoms with van der Waals surface area (Å²) in [6.07, 6.45) is 6.09. The Morgan fingerprint density at radius 2 is 1.72 bits per heavy atom. The molecular weight excluding hydrogens is 324 g/mol. The zero-order valence-corrected chi connectivity index (χ0v) is 15.7. The van der Waals surface area contributed by atoms with Crippen LogP contribution in [0.4, 0.5) is 9.59 Å². The van der Waals surface area contributed by atoms with Crippen LogP contribution in [0.1, 0.15) is 58.8 Å². The predicted octanol–water partition coefficient (Wildman–Crippen LogP) is 3.17. The lowest BCUT2D eigenvalue weighted by Crippen LogP contribution is -2.44. The number of likely N-dealkylation sites (tertiary alicyclic amines) is 2. The maximum absolute atomic E-state index is 11.8. The van der Waals surface area contributed by atoms with Gasteiger partial charge in [0.05, 0.1) is 6.61 Å². The maximum atomic E-state index is 11.8. The molecule has 2 heterocycles. The van der Waals surface area contributed by atoms with Gasteiger partial charge in [-0.25, -0.2) is 9.59 Å². The molecule has 0 aromatic rings. The molecule has 7 nitrogen and oxygen atoms in total. The lowest BCUT2D eigenvalue weighted by Gasteiger charge is -2.34. The first-order valence-electron chi connectivity index (χ1n) is 9.47. The van der Waals surface area contributed by atoms with Crippen LogP contribution in [-0.2, 0) is 4.74 Å². The van der Waals surface area contributed by atoms with Crippen molar-refractivity contribution in [2.75, 3.05) is 32.8 Å². The number of hydrogen-bond acceptors (Lipinski definition) is 4. The van der Waals surface area contributed by atoms with Crippen molar-refractivity contribution in [1.29, 1.82) is 0 Å². The van der Waals surface area contributed by atoms with Gasteiger partial charge in [0.2, 0.25) is 0 Å². The number of carboxylic acid groups (broad SMARTS) is 1. The van der Waals surface area contributed by atoms with Gasteiger partial charge in [-0.2, -0.15) is 0 Å². The van der Waals surface area contributed by atoms with Crippen LogP contribution in [0.25, 0.3) is 0 Å². The molecule has 0 spiro atoms. The Bertz CT molecular complexity index is 395. The quantitative estimate of drug-likeness (QED) is 0.805. The van der Waals surface area contributed by atoms with Gasteiger partial charge in [0.1, 0.15) is 0 Å². The summed E-state index contributed by atoms with van der Waals surface area (Å²) in [6.45, 7) is 6.88. The number of ether oxygens (including phenoxy) is 1. The van der Waals surface area contributed by atoms with E-state index in [9.17, 15) is 9.59 Å². The van der Waals surface area contributed by atoms with Crippen molar-refractivity contribution in [3.8, 4) is 0 Å². The van der Waals surface area contributed by atoms with Crippen molar-refractivity contribution in [2.24, 2.45) is 5.92 Å². The standard InChI is InChI=1S/C12H23NO3.C6H11NO2/c1-10(2)9-16-12(15)13-7-4-3-5-11(13)6-8-14;8-6(9)7-4-2-1-3-5-7/h10-11,14H,3-9H2,1-2H3;1-5H2,(H,8,9). The molecule has 2 amide bonds. The summed E-state index contributed by atoms with van der Waals surface area (Å²) in [5.41, 5.74) is 0. The highest BCUT2D eigenvalue weighted by molar-refractivity contribution is 5.68. The molecule has 0 radical (unpaired) electrons. The van der Waals surface area contributed by atoms with Crippen molar-refractivity contribution in [1.82, 2.24) is 9.80 Å². The SMILES string of the molecule is CC(C)COC(=O)N1CCCCC1CCO.O=C(O)N1CCCCC1. The third-order valence-electron chi connectivity index (χ3n) is 4.49. The Hall–Kier alpha value is -1.50. The average Bonchev–Trinajstić information content (AvgIpc) is 2.61. The molecule has 25 heavy (non-hydrogen) atoms. The number of carbonyl (C=O) groups excluding carboxylic acids is 1. The fourth-order valence-corrected chi connectivity index (χ4v) is 3.10. The number of carbonyl (C=O) groups is 2. The van der Waals surface area contributed by atoms with Crippen molar-refractivity contribution >= 4 is 12.2 Å². The normalized spacial score (nSPS) is 20.7. The maximum Gasteiger partial charge on any atom is 0.410 e. The second-order valence-corrected chi connectivity index (χ2v) is 7.16. The van der Waals surface area contributed by atoms with Gasteiger partial charge in [-0.1, -0.05) is 13.8 Å². The van der Waals surface area contributed by atoms with Crippen LogP contribution in [0.2, 0.25) is 0 Å². The zero-order valence-electron chi connectivity index (χ0n) is 15.7. The number of aliphatic hydroxyl groups is 1. The minimum atomic E-state index is -0.769. The fourth-order valence-electron chi connectivity index (χ4n) is 3.10. The molecule has 2 fully saturated rings. The first kappa shape index (κ1) is 21.5. The van der Waals surface area contributed by atoms with E-state index in [1.165, 1.54) is 11.3 Å². The molecule has 2 rings (SSSR count). The van der Waals surface area contributed by atoms with Gasteiger partial charge >= 0.3 is 12.2 Å². The van der Waals surface area contributed by atoms with E-state index in [1.807, 2.05) is 13.8 Å². The summed E-state index contributed by atoms with van der Waals surface area (Å²) in [4.78, 5) is 25.3. The number of hydrogen-bond donors (Lipinski definition) is 2. The molecule has 2 aliphatic rings. The van der Waals surface area contributed by atoms with Gasteiger partial charge in [-0.3, -0.25) is 0 Å². The third kappa shape index (κ3) is 8.43. The van der Waals surface area contributed by atoms with E-state index < -0.39 is 6.09 Å². The second kappa shape index (κ2) is 12.0. The average molecular weight is 358 g/mol. The van der Waals surface area contributed by atoms with Crippen LogP contribution >= 0.6 is 0 Å². The Kier molecular flexibility index (Phi) is 10.3. The molecule has 2 saturated heterocycles. The summed E-state index contributed by atoms with van der Waals surface area (Å²) >= 11 is 0. The van der Waals surface area contributed by atoms with Gasteiger partial charge in [-0.15, -0.1) is 0 Å². The molecule has 1 atom stereocenters. The molecule has 1 unspecified atom stereocenters. The van der Waals surface area contributed by atoms with Crippen molar-refractivity contribution in [3.63, 3.8) is 0 Å². The van der Waals surface area contributed by atoms with Crippen LogP contribution in [0.5, 0.6) is 0 Å². The summed E-state index contributed by atoms with van der Waals surface area (Å²) in [7, 11) is 0. The fraction of sp³-hybridized carbons (Fsp3) is 0.889. The lowest BCUT2D eigenvalue weighted by molar-refractivity contribution is 0.0589. The van der Waals surface area contributed by atoms with Gasteiger partial charge in [0, 0.05) is 32.3 Å². The van der Waals surface area contributed by atoms with Crippen LogP contribution in [0.3, 0.4) is 0 Å². The number of piperidine rings is 2. The molecule has 0 bridgehead atoms. The molecule has 0 aromatic carbocycles. The van der Waals surface area contributed by atoms with E-state index in [4.69, 9.17) is 14.9 Å². The number of aliphatic hydroxyl groups excluding tert-OH is 1. The monoisotopic (exact) mass is 358 g/mol. The van der Waals surface area contributed by atoms with Gasteiger partial charge in [0.25, 0.3) is 0 Å². The number of amides is 2. The minimum absolute atomic E-state index is 0.138. The first-order chi connectivity index (χ1) is 12.0. The van der Waals surface area contributed by atoms with Crippen LogP contribution in [-0.4, -0.2) is 71.1 Å². The molecule has 2 aliphatic heterocycles. The lowest BCUT2D eigenvalue weighted by atomic mass is 10.0. The largest absolute Gasteiger partial charge is 0.465 e. The Morgan fingerprint density at radius 3 is 2.24 bits per heavy atom. The molecule has 0 aromatic heterocycles. The van der Waals surface area contributed by atoms with Crippen molar-refractivity contribution in [3.05, 3.63) is 0 Å². The van der Waals surface area contributed by atoms with E-state index in [2.05, 4.69) is 0 Å².